The molecule has 0 aliphatic carbocycles. The highest BCUT2D eigenvalue weighted by Gasteiger charge is 2.29. The van der Waals surface area contributed by atoms with Gasteiger partial charge in [0.1, 0.15) is 11.5 Å². The summed E-state index contributed by atoms with van der Waals surface area (Å²) in [5.74, 6) is 1.03. The molecule has 0 aliphatic rings. The van der Waals surface area contributed by atoms with E-state index in [0.717, 1.165) is 11.5 Å². The summed E-state index contributed by atoms with van der Waals surface area (Å²) in [7, 11) is 0. The van der Waals surface area contributed by atoms with E-state index in [0.29, 0.717) is 0 Å². The van der Waals surface area contributed by atoms with Crippen molar-refractivity contribution in [2.45, 2.75) is 77.6 Å². The van der Waals surface area contributed by atoms with Crippen LogP contribution < -0.4 is 0 Å². The molecule has 0 spiro atoms. The lowest BCUT2D eigenvalue weighted by Crippen LogP contribution is -2.21. The average molecular weight is 263 g/mol. The first-order valence-corrected chi connectivity index (χ1v) is 7.76. The average Bonchev–Trinajstić information content (AvgIpc) is 2.91. The van der Waals surface area contributed by atoms with Gasteiger partial charge in [0, 0.05) is 11.5 Å². The Labute approximate surface area is 118 Å². The first-order valence-electron chi connectivity index (χ1n) is 7.76. The summed E-state index contributed by atoms with van der Waals surface area (Å²) in [6.45, 7) is 10.6. The van der Waals surface area contributed by atoms with Crippen molar-refractivity contribution >= 4 is 6.08 Å². The third-order valence-electron chi connectivity index (χ3n) is 4.00. The molecule has 1 rings (SSSR count). The fourth-order valence-corrected chi connectivity index (χ4v) is 2.55. The highest BCUT2D eigenvalue weighted by molar-refractivity contribution is 5.41. The molecule has 0 bridgehead atoms. The summed E-state index contributed by atoms with van der Waals surface area (Å²) in [6.07, 6.45) is 11.8. The Morgan fingerprint density at radius 3 is 2.42 bits per heavy atom. The molecular formula is C17H29NO. The van der Waals surface area contributed by atoms with Crippen LogP contribution in [0, 0.1) is 0 Å². The molecule has 19 heavy (non-hydrogen) atoms. The summed E-state index contributed by atoms with van der Waals surface area (Å²) in [5.41, 5.74) is 0.990. The van der Waals surface area contributed by atoms with E-state index in [1.807, 2.05) is 0 Å². The Kier molecular flexibility index (Phi) is 6.90. The fraction of sp³-hybridized carbons (Fsp3) is 0.706. The van der Waals surface area contributed by atoms with Gasteiger partial charge < -0.3 is 4.52 Å². The zero-order valence-electron chi connectivity index (χ0n) is 12.9. The minimum Gasteiger partial charge on any atom is -0.360 e. The first kappa shape index (κ1) is 16.0. The Hall–Kier alpha value is -1.05. The van der Waals surface area contributed by atoms with Crippen molar-refractivity contribution < 1.29 is 4.52 Å². The van der Waals surface area contributed by atoms with Crippen molar-refractivity contribution in [3.63, 3.8) is 0 Å². The summed E-state index contributed by atoms with van der Waals surface area (Å²) in [6, 6.07) is 2.06. The predicted octanol–water partition coefficient (Wildman–Crippen LogP) is 5.74. The number of hydrogen-bond acceptors (Lipinski definition) is 2. The molecule has 0 amide bonds. The van der Waals surface area contributed by atoms with E-state index < -0.39 is 0 Å². The third kappa shape index (κ3) is 4.85. The van der Waals surface area contributed by atoms with Crippen LogP contribution in [0.15, 0.2) is 17.2 Å². The highest BCUT2D eigenvalue weighted by Crippen LogP contribution is 2.35. The van der Waals surface area contributed by atoms with E-state index >= 15 is 0 Å². The molecule has 0 aliphatic heterocycles. The number of unbranched alkanes of at least 4 members (excludes halogenated alkanes) is 4. The smallest absolute Gasteiger partial charge is 0.143 e. The van der Waals surface area contributed by atoms with Crippen LogP contribution in [0.1, 0.15) is 83.6 Å². The lowest BCUT2D eigenvalue weighted by molar-refractivity contribution is 0.264. The molecular weight excluding hydrogens is 234 g/mol. The summed E-state index contributed by atoms with van der Waals surface area (Å²) in [4.78, 5) is 0. The van der Waals surface area contributed by atoms with Crippen molar-refractivity contribution in [1.29, 1.82) is 0 Å². The van der Waals surface area contributed by atoms with Crippen molar-refractivity contribution in [3.05, 3.63) is 24.1 Å². The molecule has 1 heterocycles. The Morgan fingerprint density at radius 2 is 1.84 bits per heavy atom. The van der Waals surface area contributed by atoms with Crippen LogP contribution in [-0.2, 0) is 5.41 Å². The molecule has 0 radical (unpaired) electrons. The van der Waals surface area contributed by atoms with Gasteiger partial charge in [-0.3, -0.25) is 0 Å². The van der Waals surface area contributed by atoms with Crippen LogP contribution in [0.4, 0.5) is 0 Å². The van der Waals surface area contributed by atoms with E-state index in [4.69, 9.17) is 4.52 Å². The van der Waals surface area contributed by atoms with Gasteiger partial charge in [-0.2, -0.15) is 0 Å². The van der Waals surface area contributed by atoms with Crippen LogP contribution in [0.3, 0.4) is 0 Å². The number of rotatable bonds is 10. The molecule has 0 aromatic carbocycles. The molecule has 0 saturated carbocycles. The normalized spacial score (nSPS) is 14.3. The fourth-order valence-electron chi connectivity index (χ4n) is 2.55. The van der Waals surface area contributed by atoms with E-state index in [9.17, 15) is 0 Å². The SMILES string of the molecule is C=Cc1cc(C(C)(CCCC)CCCCCC)on1. The van der Waals surface area contributed by atoms with Gasteiger partial charge in [0.25, 0.3) is 0 Å². The van der Waals surface area contributed by atoms with Gasteiger partial charge in [0.05, 0.1) is 0 Å². The van der Waals surface area contributed by atoms with Crippen LogP contribution in [-0.4, -0.2) is 5.16 Å². The maximum atomic E-state index is 5.55. The standard InChI is InChI=1S/C17H29NO/c1-5-8-10-11-13-17(4,12-9-6-2)16-14-15(7-3)18-19-16/h7,14H,3,5-6,8-13H2,1-2,4H3. The molecule has 0 saturated heterocycles. The largest absolute Gasteiger partial charge is 0.360 e. The molecule has 108 valence electrons. The van der Waals surface area contributed by atoms with Crippen LogP contribution in [0.5, 0.6) is 0 Å². The van der Waals surface area contributed by atoms with Gasteiger partial charge in [-0.15, -0.1) is 0 Å². The second-order valence-electron chi connectivity index (χ2n) is 5.80. The highest BCUT2D eigenvalue weighted by atomic mass is 16.5. The van der Waals surface area contributed by atoms with Gasteiger partial charge in [0.15, 0.2) is 0 Å². The number of nitrogens with zero attached hydrogens (tertiary/aromatic N) is 1. The monoisotopic (exact) mass is 263 g/mol. The summed E-state index contributed by atoms with van der Waals surface area (Å²) >= 11 is 0. The summed E-state index contributed by atoms with van der Waals surface area (Å²) in [5, 5.41) is 4.06. The van der Waals surface area contributed by atoms with Gasteiger partial charge >= 0.3 is 0 Å². The predicted molar refractivity (Wildman–Crippen MR) is 82.2 cm³/mol. The Bertz CT molecular complexity index is 369. The van der Waals surface area contributed by atoms with Gasteiger partial charge in [-0.05, 0) is 18.9 Å². The lowest BCUT2D eigenvalue weighted by Gasteiger charge is -2.26. The van der Waals surface area contributed by atoms with Crippen LogP contribution >= 0.6 is 0 Å². The molecule has 0 N–H and O–H groups in total. The van der Waals surface area contributed by atoms with E-state index in [2.05, 4.69) is 38.6 Å². The van der Waals surface area contributed by atoms with Gasteiger partial charge in [0.2, 0.25) is 0 Å². The molecule has 2 nitrogen and oxygen atoms in total. The van der Waals surface area contributed by atoms with E-state index in [1.54, 1.807) is 6.08 Å². The first-order chi connectivity index (χ1) is 9.16. The topological polar surface area (TPSA) is 26.0 Å². The zero-order valence-corrected chi connectivity index (χ0v) is 12.9. The second kappa shape index (κ2) is 8.19. The Morgan fingerprint density at radius 1 is 1.16 bits per heavy atom. The molecule has 1 atom stereocenters. The summed E-state index contributed by atoms with van der Waals surface area (Å²) < 4.78 is 5.55. The maximum absolute atomic E-state index is 5.55. The second-order valence-corrected chi connectivity index (χ2v) is 5.80. The Balaban J connectivity index is 2.70. The minimum atomic E-state index is 0.137. The molecule has 1 unspecified atom stereocenters. The van der Waals surface area contributed by atoms with E-state index in [-0.39, 0.29) is 5.41 Å². The lowest BCUT2D eigenvalue weighted by atomic mass is 9.78. The van der Waals surface area contributed by atoms with Crippen molar-refractivity contribution in [1.82, 2.24) is 5.16 Å². The maximum Gasteiger partial charge on any atom is 0.143 e. The molecule has 0 fully saturated rings. The zero-order chi connectivity index (χ0) is 14.1. The third-order valence-corrected chi connectivity index (χ3v) is 4.00. The van der Waals surface area contributed by atoms with Crippen LogP contribution in [0.2, 0.25) is 0 Å². The minimum absolute atomic E-state index is 0.137. The van der Waals surface area contributed by atoms with Gasteiger partial charge in [-0.25, -0.2) is 0 Å². The number of aromatic nitrogens is 1. The molecule has 2 heteroatoms. The number of hydrogen-bond donors (Lipinski definition) is 0. The van der Waals surface area contributed by atoms with Crippen LogP contribution in [0.25, 0.3) is 6.08 Å². The van der Waals surface area contributed by atoms with Crippen molar-refractivity contribution in [3.8, 4) is 0 Å². The van der Waals surface area contributed by atoms with E-state index in [1.165, 1.54) is 51.4 Å². The van der Waals surface area contributed by atoms with Gasteiger partial charge in [-0.1, -0.05) is 71.0 Å². The molecule has 1 aromatic heterocycles. The molecule has 1 aromatic rings. The van der Waals surface area contributed by atoms with Crippen molar-refractivity contribution in [2.75, 3.05) is 0 Å². The quantitative estimate of drug-likeness (QED) is 0.503. The van der Waals surface area contributed by atoms with Crippen molar-refractivity contribution in [2.24, 2.45) is 0 Å².